The molecular weight excluding hydrogens is 677 g/mol. The SMILES string of the molecule is CC1(C)c2ccccc2-c2c1ccc1oc3cc(-c4cccc(-c5c6ccccc6c(-c6ccc7ccccc7c6)c6ccccc56)c4)c4ccccc4c3c21. The van der Waals surface area contributed by atoms with Crippen molar-refractivity contribution in [3.8, 4) is 44.5 Å². The highest BCUT2D eigenvalue weighted by Gasteiger charge is 2.37. The summed E-state index contributed by atoms with van der Waals surface area (Å²) in [6, 6.07) is 67.0. The predicted molar refractivity (Wildman–Crippen MR) is 238 cm³/mol. The second-order valence-corrected chi connectivity index (χ2v) is 16.0. The monoisotopic (exact) mass is 712 g/mol. The summed E-state index contributed by atoms with van der Waals surface area (Å²) in [5, 5.41) is 12.4. The molecule has 0 atom stereocenters. The largest absolute Gasteiger partial charge is 0.456 e. The maximum absolute atomic E-state index is 6.84. The first-order valence-electron chi connectivity index (χ1n) is 19.6. The summed E-state index contributed by atoms with van der Waals surface area (Å²) in [6.07, 6.45) is 0. The molecule has 1 aliphatic rings. The van der Waals surface area contributed by atoms with Crippen LogP contribution in [0.25, 0.3) is 110 Å². The van der Waals surface area contributed by atoms with Crippen LogP contribution in [0.5, 0.6) is 0 Å². The molecule has 56 heavy (non-hydrogen) atoms. The van der Waals surface area contributed by atoms with Crippen LogP contribution < -0.4 is 0 Å². The topological polar surface area (TPSA) is 13.1 Å². The lowest BCUT2D eigenvalue weighted by Crippen LogP contribution is -2.14. The van der Waals surface area contributed by atoms with E-state index >= 15 is 0 Å². The number of benzene rings is 10. The Hall–Kier alpha value is -6.96. The van der Waals surface area contributed by atoms with E-state index in [1.165, 1.54) is 109 Å². The van der Waals surface area contributed by atoms with Crippen LogP contribution in [0.1, 0.15) is 25.0 Å². The molecule has 262 valence electrons. The molecule has 0 fully saturated rings. The number of hydrogen-bond donors (Lipinski definition) is 0. The van der Waals surface area contributed by atoms with Crippen molar-refractivity contribution in [1.82, 2.24) is 0 Å². The summed E-state index contributed by atoms with van der Waals surface area (Å²) in [4.78, 5) is 0. The fraction of sp³-hybridized carbons (Fsp3) is 0.0545. The third-order valence-corrected chi connectivity index (χ3v) is 12.6. The van der Waals surface area contributed by atoms with E-state index in [9.17, 15) is 0 Å². The van der Waals surface area contributed by atoms with Crippen molar-refractivity contribution >= 4 is 65.0 Å². The van der Waals surface area contributed by atoms with E-state index in [2.05, 4.69) is 196 Å². The Morgan fingerprint density at radius 2 is 0.929 bits per heavy atom. The molecule has 12 rings (SSSR count). The van der Waals surface area contributed by atoms with E-state index in [0.717, 1.165) is 11.2 Å². The Bertz CT molecular complexity index is 3390. The molecule has 0 saturated carbocycles. The van der Waals surface area contributed by atoms with E-state index < -0.39 is 0 Å². The molecule has 1 aromatic heterocycles. The molecule has 0 amide bonds. The molecule has 0 bridgehead atoms. The van der Waals surface area contributed by atoms with Crippen LogP contribution in [0, 0.1) is 0 Å². The summed E-state index contributed by atoms with van der Waals surface area (Å²) >= 11 is 0. The zero-order valence-corrected chi connectivity index (χ0v) is 31.2. The van der Waals surface area contributed by atoms with Gasteiger partial charge in [0.05, 0.1) is 0 Å². The van der Waals surface area contributed by atoms with Gasteiger partial charge in [-0.25, -0.2) is 0 Å². The fourth-order valence-electron chi connectivity index (χ4n) is 10.1. The number of hydrogen-bond acceptors (Lipinski definition) is 1. The highest BCUT2D eigenvalue weighted by molar-refractivity contribution is 6.27. The molecule has 0 saturated heterocycles. The molecule has 1 aliphatic carbocycles. The van der Waals surface area contributed by atoms with Gasteiger partial charge in [0.1, 0.15) is 11.2 Å². The zero-order valence-electron chi connectivity index (χ0n) is 31.2. The lowest BCUT2D eigenvalue weighted by molar-refractivity contribution is 0.656. The quantitative estimate of drug-likeness (QED) is 0.166. The molecule has 11 aromatic rings. The van der Waals surface area contributed by atoms with Crippen molar-refractivity contribution in [2.75, 3.05) is 0 Å². The standard InChI is InChI=1S/C55H36O/c1-55(2)46-25-12-11-24-44(46)52-47(55)28-29-48-54(52)53-39-19-6-5-18-38(39)45(32-49(53)56-48)35-16-13-17-36(31-35)50-40-20-7-9-22-42(40)51(43-23-10-8-21-41(43)50)37-27-26-33-14-3-4-15-34(33)30-37/h3-32H,1-2H3. The van der Waals surface area contributed by atoms with Crippen molar-refractivity contribution in [2.45, 2.75) is 19.3 Å². The number of fused-ring (bicyclic) bond motifs is 12. The van der Waals surface area contributed by atoms with Crippen LogP contribution in [-0.2, 0) is 5.41 Å². The van der Waals surface area contributed by atoms with Crippen LogP contribution in [0.15, 0.2) is 186 Å². The van der Waals surface area contributed by atoms with Gasteiger partial charge in [-0.05, 0) is 123 Å². The van der Waals surface area contributed by atoms with Crippen LogP contribution in [-0.4, -0.2) is 0 Å². The van der Waals surface area contributed by atoms with Crippen molar-refractivity contribution < 1.29 is 4.42 Å². The summed E-state index contributed by atoms with van der Waals surface area (Å²) in [5.41, 5.74) is 14.5. The van der Waals surface area contributed by atoms with Crippen molar-refractivity contribution in [3.63, 3.8) is 0 Å². The van der Waals surface area contributed by atoms with Crippen molar-refractivity contribution in [3.05, 3.63) is 193 Å². The second kappa shape index (κ2) is 11.5. The molecular formula is C55H36O. The Balaban J connectivity index is 1.10. The molecule has 0 radical (unpaired) electrons. The van der Waals surface area contributed by atoms with Gasteiger partial charge in [0.15, 0.2) is 0 Å². The van der Waals surface area contributed by atoms with E-state index in [1.54, 1.807) is 0 Å². The molecule has 0 N–H and O–H groups in total. The van der Waals surface area contributed by atoms with Crippen LogP contribution >= 0.6 is 0 Å². The highest BCUT2D eigenvalue weighted by atomic mass is 16.3. The molecule has 10 aromatic carbocycles. The lowest BCUT2D eigenvalue weighted by atomic mass is 9.82. The summed E-state index contributed by atoms with van der Waals surface area (Å²) < 4.78 is 6.84. The Morgan fingerprint density at radius 1 is 0.339 bits per heavy atom. The van der Waals surface area contributed by atoms with E-state index in [-0.39, 0.29) is 5.41 Å². The first kappa shape index (κ1) is 31.4. The molecule has 1 heterocycles. The predicted octanol–water partition coefficient (Wildman–Crippen LogP) is 15.5. The average molecular weight is 713 g/mol. The van der Waals surface area contributed by atoms with Crippen molar-refractivity contribution in [2.24, 2.45) is 0 Å². The lowest BCUT2D eigenvalue weighted by Gasteiger charge is -2.21. The Morgan fingerprint density at radius 3 is 1.66 bits per heavy atom. The first-order chi connectivity index (χ1) is 27.5. The second-order valence-electron chi connectivity index (χ2n) is 16.0. The number of furan rings is 1. The number of rotatable bonds is 3. The van der Waals surface area contributed by atoms with Gasteiger partial charge in [-0.3, -0.25) is 0 Å². The van der Waals surface area contributed by atoms with Crippen LogP contribution in [0.2, 0.25) is 0 Å². The maximum atomic E-state index is 6.84. The van der Waals surface area contributed by atoms with Gasteiger partial charge in [-0.2, -0.15) is 0 Å². The minimum Gasteiger partial charge on any atom is -0.456 e. The van der Waals surface area contributed by atoms with Gasteiger partial charge < -0.3 is 4.42 Å². The third-order valence-electron chi connectivity index (χ3n) is 12.6. The van der Waals surface area contributed by atoms with Gasteiger partial charge >= 0.3 is 0 Å². The summed E-state index contributed by atoms with van der Waals surface area (Å²) in [7, 11) is 0. The highest BCUT2D eigenvalue weighted by Crippen LogP contribution is 2.54. The normalized spacial score (nSPS) is 13.3. The molecule has 0 spiro atoms. The molecule has 0 aliphatic heterocycles. The fourth-order valence-corrected chi connectivity index (χ4v) is 10.1. The molecule has 1 nitrogen and oxygen atoms in total. The van der Waals surface area contributed by atoms with Crippen LogP contribution in [0.3, 0.4) is 0 Å². The Labute approximate surface area is 325 Å². The minimum atomic E-state index is -0.0814. The average Bonchev–Trinajstić information content (AvgIpc) is 3.74. The van der Waals surface area contributed by atoms with Gasteiger partial charge in [0, 0.05) is 16.2 Å². The van der Waals surface area contributed by atoms with Gasteiger partial charge in [-0.1, -0.05) is 172 Å². The smallest absolute Gasteiger partial charge is 0.136 e. The van der Waals surface area contributed by atoms with Crippen molar-refractivity contribution in [1.29, 1.82) is 0 Å². The van der Waals surface area contributed by atoms with Gasteiger partial charge in [-0.15, -0.1) is 0 Å². The minimum absolute atomic E-state index is 0.0814. The van der Waals surface area contributed by atoms with E-state index in [0.29, 0.717) is 0 Å². The van der Waals surface area contributed by atoms with Crippen LogP contribution in [0.4, 0.5) is 0 Å². The Kier molecular flexibility index (Phi) is 6.46. The maximum Gasteiger partial charge on any atom is 0.136 e. The third kappa shape index (κ3) is 4.31. The summed E-state index contributed by atoms with van der Waals surface area (Å²) in [6.45, 7) is 4.69. The van der Waals surface area contributed by atoms with E-state index in [4.69, 9.17) is 4.42 Å². The van der Waals surface area contributed by atoms with Gasteiger partial charge in [0.2, 0.25) is 0 Å². The van der Waals surface area contributed by atoms with Gasteiger partial charge in [0.25, 0.3) is 0 Å². The zero-order chi connectivity index (χ0) is 37.1. The molecule has 1 heteroatoms. The summed E-state index contributed by atoms with van der Waals surface area (Å²) in [5.74, 6) is 0. The first-order valence-corrected chi connectivity index (χ1v) is 19.6. The molecule has 0 unspecified atom stereocenters. The van der Waals surface area contributed by atoms with E-state index in [1.807, 2.05) is 0 Å².